The van der Waals surface area contributed by atoms with Crippen LogP contribution in [0.2, 0.25) is 0 Å². The highest BCUT2D eigenvalue weighted by Crippen LogP contribution is 2.23. The van der Waals surface area contributed by atoms with E-state index >= 15 is 0 Å². The molecule has 3 rings (SSSR count). The molecule has 0 atom stereocenters. The Kier molecular flexibility index (Phi) is 2.53. The average molecular weight is 241 g/mol. The number of fused-ring (bicyclic) bond motifs is 1. The Balaban J connectivity index is 1.98. The summed E-state index contributed by atoms with van der Waals surface area (Å²) in [6.07, 6.45) is 3.18. The number of rotatable bonds is 3. The van der Waals surface area contributed by atoms with Crippen LogP contribution in [-0.4, -0.2) is 27.3 Å². The van der Waals surface area contributed by atoms with Gasteiger partial charge in [0.2, 0.25) is 0 Å². The van der Waals surface area contributed by atoms with E-state index in [0.717, 1.165) is 16.8 Å². The quantitative estimate of drug-likeness (QED) is 0.734. The second-order valence-electron chi connectivity index (χ2n) is 3.71. The molecular weight excluding hydrogens is 230 g/mol. The van der Waals surface area contributed by atoms with Crippen LogP contribution in [0.1, 0.15) is 0 Å². The van der Waals surface area contributed by atoms with E-state index in [1.165, 1.54) is 6.33 Å². The molecule has 0 bridgehead atoms. The van der Waals surface area contributed by atoms with Gasteiger partial charge in [-0.3, -0.25) is 5.10 Å². The molecule has 0 amide bonds. The lowest BCUT2D eigenvalue weighted by molar-refractivity contribution is 0.415. The minimum absolute atomic E-state index is 0.704. The first-order valence-electron chi connectivity index (χ1n) is 5.42. The van der Waals surface area contributed by atoms with Crippen LogP contribution in [0.15, 0.2) is 36.8 Å². The zero-order valence-corrected chi connectivity index (χ0v) is 9.71. The van der Waals surface area contributed by atoms with Gasteiger partial charge in [-0.15, -0.1) is 0 Å². The molecule has 0 aliphatic carbocycles. The molecule has 0 spiro atoms. The van der Waals surface area contributed by atoms with Crippen LogP contribution >= 0.6 is 0 Å². The van der Waals surface area contributed by atoms with Crippen LogP contribution < -0.4 is 10.1 Å². The van der Waals surface area contributed by atoms with Crippen molar-refractivity contribution in [2.45, 2.75) is 0 Å². The smallest absolute Gasteiger partial charge is 0.160 e. The van der Waals surface area contributed by atoms with Crippen LogP contribution in [0.5, 0.6) is 5.75 Å². The Morgan fingerprint density at radius 1 is 1.28 bits per heavy atom. The number of ether oxygens (including phenoxy) is 1. The maximum atomic E-state index is 5.17. The third-order valence-corrected chi connectivity index (χ3v) is 2.58. The van der Waals surface area contributed by atoms with Crippen LogP contribution in [0.4, 0.5) is 11.5 Å². The first kappa shape index (κ1) is 10.5. The third kappa shape index (κ3) is 1.84. The monoisotopic (exact) mass is 241 g/mol. The summed E-state index contributed by atoms with van der Waals surface area (Å²) in [4.78, 5) is 8.29. The molecule has 0 fully saturated rings. The fraction of sp³-hybridized carbons (Fsp3) is 0.0833. The fourth-order valence-electron chi connectivity index (χ4n) is 1.70. The van der Waals surface area contributed by atoms with Gasteiger partial charge in [-0.1, -0.05) is 6.07 Å². The molecule has 2 heterocycles. The molecule has 18 heavy (non-hydrogen) atoms. The minimum Gasteiger partial charge on any atom is -0.497 e. The number of H-pyrrole nitrogens is 1. The summed E-state index contributed by atoms with van der Waals surface area (Å²) in [5.74, 6) is 1.50. The van der Waals surface area contributed by atoms with Crippen LogP contribution in [0, 0.1) is 0 Å². The lowest BCUT2D eigenvalue weighted by Gasteiger charge is -2.07. The molecule has 0 saturated heterocycles. The molecule has 0 radical (unpaired) electrons. The number of nitrogens with zero attached hydrogens (tertiary/aromatic N) is 3. The van der Waals surface area contributed by atoms with E-state index in [1.54, 1.807) is 13.3 Å². The predicted molar refractivity (Wildman–Crippen MR) is 68.0 cm³/mol. The average Bonchev–Trinajstić information content (AvgIpc) is 2.88. The number of aromatic nitrogens is 4. The van der Waals surface area contributed by atoms with Crippen molar-refractivity contribution in [1.82, 2.24) is 20.2 Å². The molecule has 3 aromatic rings. The lowest BCUT2D eigenvalue weighted by Crippen LogP contribution is -1.95. The Bertz CT molecular complexity index is 679. The van der Waals surface area contributed by atoms with Crippen molar-refractivity contribution in [3.63, 3.8) is 0 Å². The van der Waals surface area contributed by atoms with Gasteiger partial charge >= 0.3 is 0 Å². The van der Waals surface area contributed by atoms with Gasteiger partial charge in [0, 0.05) is 11.8 Å². The molecule has 2 N–H and O–H groups in total. The number of nitrogens with one attached hydrogen (secondary N) is 2. The van der Waals surface area contributed by atoms with E-state index in [9.17, 15) is 0 Å². The van der Waals surface area contributed by atoms with Crippen molar-refractivity contribution in [2.75, 3.05) is 12.4 Å². The number of hydrogen-bond donors (Lipinski definition) is 2. The van der Waals surface area contributed by atoms with E-state index in [2.05, 4.69) is 25.5 Å². The summed E-state index contributed by atoms with van der Waals surface area (Å²) < 4.78 is 5.17. The molecule has 90 valence electrons. The maximum absolute atomic E-state index is 5.17. The molecule has 0 unspecified atom stereocenters. The number of benzene rings is 1. The number of anilines is 2. The Labute approximate surface area is 103 Å². The molecule has 1 aromatic carbocycles. The van der Waals surface area contributed by atoms with Crippen molar-refractivity contribution in [1.29, 1.82) is 0 Å². The van der Waals surface area contributed by atoms with Gasteiger partial charge in [0.25, 0.3) is 0 Å². The SMILES string of the molecule is COc1cccc(Nc2ncnc3[nH]ncc23)c1. The molecule has 0 saturated carbocycles. The van der Waals surface area contributed by atoms with E-state index < -0.39 is 0 Å². The molecule has 6 heteroatoms. The molecule has 2 aromatic heterocycles. The fourth-order valence-corrected chi connectivity index (χ4v) is 1.70. The highest BCUT2D eigenvalue weighted by atomic mass is 16.5. The summed E-state index contributed by atoms with van der Waals surface area (Å²) >= 11 is 0. The normalized spacial score (nSPS) is 10.5. The van der Waals surface area contributed by atoms with Crippen molar-refractivity contribution < 1.29 is 4.74 Å². The molecule has 0 aliphatic heterocycles. The van der Waals surface area contributed by atoms with E-state index in [-0.39, 0.29) is 0 Å². The van der Waals surface area contributed by atoms with Gasteiger partial charge in [0.1, 0.15) is 17.9 Å². The van der Waals surface area contributed by atoms with Crippen LogP contribution in [0.3, 0.4) is 0 Å². The number of methoxy groups -OCH3 is 1. The maximum Gasteiger partial charge on any atom is 0.160 e. The van der Waals surface area contributed by atoms with Crippen molar-refractivity contribution in [2.24, 2.45) is 0 Å². The zero-order chi connectivity index (χ0) is 12.4. The Morgan fingerprint density at radius 3 is 3.11 bits per heavy atom. The van der Waals surface area contributed by atoms with E-state index in [1.807, 2.05) is 24.3 Å². The van der Waals surface area contributed by atoms with Crippen molar-refractivity contribution in [3.8, 4) is 5.75 Å². The molecular formula is C12H11N5O. The summed E-state index contributed by atoms with van der Waals surface area (Å²) in [7, 11) is 1.64. The topological polar surface area (TPSA) is 75.7 Å². The highest BCUT2D eigenvalue weighted by molar-refractivity contribution is 5.87. The van der Waals surface area contributed by atoms with Gasteiger partial charge < -0.3 is 10.1 Å². The first-order valence-corrected chi connectivity index (χ1v) is 5.42. The van der Waals surface area contributed by atoms with Gasteiger partial charge in [-0.05, 0) is 12.1 Å². The minimum atomic E-state index is 0.704. The molecule has 0 aliphatic rings. The standard InChI is InChI=1S/C12H11N5O/c1-18-9-4-2-3-8(5-9)16-11-10-6-15-17-12(10)14-7-13-11/h2-7H,1H3,(H2,13,14,15,16,17). The largest absolute Gasteiger partial charge is 0.497 e. The Morgan fingerprint density at radius 2 is 2.22 bits per heavy atom. The summed E-state index contributed by atoms with van der Waals surface area (Å²) in [6, 6.07) is 7.64. The number of aromatic amines is 1. The number of hydrogen-bond acceptors (Lipinski definition) is 5. The summed E-state index contributed by atoms with van der Waals surface area (Å²) in [5, 5.41) is 10.8. The summed E-state index contributed by atoms with van der Waals surface area (Å²) in [6.45, 7) is 0. The zero-order valence-electron chi connectivity index (χ0n) is 9.71. The molecule has 6 nitrogen and oxygen atoms in total. The van der Waals surface area contributed by atoms with Crippen LogP contribution in [0.25, 0.3) is 11.0 Å². The van der Waals surface area contributed by atoms with Gasteiger partial charge in [0.05, 0.1) is 18.7 Å². The van der Waals surface area contributed by atoms with E-state index in [0.29, 0.717) is 11.5 Å². The summed E-state index contributed by atoms with van der Waals surface area (Å²) in [5.41, 5.74) is 1.60. The second-order valence-corrected chi connectivity index (χ2v) is 3.71. The van der Waals surface area contributed by atoms with Crippen molar-refractivity contribution >= 4 is 22.5 Å². The predicted octanol–water partition coefficient (Wildman–Crippen LogP) is 2.11. The lowest BCUT2D eigenvalue weighted by atomic mass is 10.3. The second kappa shape index (κ2) is 4.33. The van der Waals surface area contributed by atoms with Crippen LogP contribution in [-0.2, 0) is 0 Å². The van der Waals surface area contributed by atoms with Gasteiger partial charge in [-0.2, -0.15) is 5.10 Å². The van der Waals surface area contributed by atoms with Gasteiger partial charge in [-0.25, -0.2) is 9.97 Å². The van der Waals surface area contributed by atoms with Gasteiger partial charge in [0.15, 0.2) is 5.65 Å². The Hall–Kier alpha value is -2.63. The van der Waals surface area contributed by atoms with Crippen molar-refractivity contribution in [3.05, 3.63) is 36.8 Å². The first-order chi connectivity index (χ1) is 8.86. The van der Waals surface area contributed by atoms with E-state index in [4.69, 9.17) is 4.74 Å². The third-order valence-electron chi connectivity index (χ3n) is 2.58. The highest BCUT2D eigenvalue weighted by Gasteiger charge is 2.05.